The Labute approximate surface area is 137 Å². The normalized spacial score (nSPS) is 11.0. The summed E-state index contributed by atoms with van der Waals surface area (Å²) in [6, 6.07) is 14.9. The van der Waals surface area contributed by atoms with Gasteiger partial charge in [0.2, 0.25) is 0 Å². The first-order chi connectivity index (χ1) is 11.0. The van der Waals surface area contributed by atoms with Crippen molar-refractivity contribution in [3.63, 3.8) is 0 Å². The van der Waals surface area contributed by atoms with Gasteiger partial charge in [0.15, 0.2) is 0 Å². The number of para-hydroxylation sites is 1. The van der Waals surface area contributed by atoms with Crippen LogP contribution in [0, 0.1) is 0 Å². The van der Waals surface area contributed by atoms with Crippen molar-refractivity contribution in [3.05, 3.63) is 60.2 Å². The van der Waals surface area contributed by atoms with Crippen LogP contribution in [0.25, 0.3) is 0 Å². The van der Waals surface area contributed by atoms with E-state index in [9.17, 15) is 13.2 Å². The van der Waals surface area contributed by atoms with Crippen LogP contribution < -0.4 is 9.62 Å². The minimum Gasteiger partial charge on any atom is -0.352 e. The van der Waals surface area contributed by atoms with E-state index in [0.717, 1.165) is 0 Å². The molecule has 2 rings (SSSR count). The molecule has 0 aliphatic carbocycles. The van der Waals surface area contributed by atoms with Crippen LogP contribution in [-0.4, -0.2) is 27.4 Å². The van der Waals surface area contributed by atoms with E-state index in [1.165, 1.54) is 28.6 Å². The zero-order valence-electron chi connectivity index (χ0n) is 13.2. The third-order valence-electron chi connectivity index (χ3n) is 3.37. The number of carbonyl (C=O) groups is 1. The maximum Gasteiger partial charge on any atom is 0.264 e. The number of hydrogen-bond acceptors (Lipinski definition) is 3. The van der Waals surface area contributed by atoms with E-state index >= 15 is 0 Å². The monoisotopic (exact) mass is 332 g/mol. The number of nitrogens with one attached hydrogen (secondary N) is 1. The molecule has 6 heteroatoms. The Hall–Kier alpha value is -2.34. The van der Waals surface area contributed by atoms with Gasteiger partial charge in [0.25, 0.3) is 15.9 Å². The Kier molecular flexibility index (Phi) is 5.39. The van der Waals surface area contributed by atoms with E-state index in [0.29, 0.717) is 24.3 Å². The van der Waals surface area contributed by atoms with Gasteiger partial charge in [0, 0.05) is 18.7 Å². The first kappa shape index (κ1) is 17.0. The zero-order valence-corrected chi connectivity index (χ0v) is 14.0. The lowest BCUT2D eigenvalue weighted by atomic mass is 10.2. The minimum atomic E-state index is -3.66. The Morgan fingerprint density at radius 1 is 1.00 bits per heavy atom. The second-order valence-corrected chi connectivity index (χ2v) is 6.75. The van der Waals surface area contributed by atoms with E-state index in [-0.39, 0.29) is 10.8 Å². The number of hydrogen-bond donors (Lipinski definition) is 1. The molecule has 5 nitrogen and oxygen atoms in total. The fourth-order valence-electron chi connectivity index (χ4n) is 2.25. The van der Waals surface area contributed by atoms with E-state index in [2.05, 4.69) is 5.32 Å². The lowest BCUT2D eigenvalue weighted by Gasteiger charge is -2.23. The first-order valence-corrected chi connectivity index (χ1v) is 8.90. The number of sulfonamides is 1. The van der Waals surface area contributed by atoms with E-state index < -0.39 is 10.0 Å². The van der Waals surface area contributed by atoms with Crippen LogP contribution in [0.2, 0.25) is 0 Å². The molecule has 1 amide bonds. The van der Waals surface area contributed by atoms with Gasteiger partial charge < -0.3 is 5.32 Å². The maximum atomic E-state index is 12.8. The molecule has 23 heavy (non-hydrogen) atoms. The second-order valence-electron chi connectivity index (χ2n) is 4.89. The molecule has 0 bridgehead atoms. The summed E-state index contributed by atoms with van der Waals surface area (Å²) in [5.74, 6) is -0.216. The molecule has 2 aromatic rings. The first-order valence-electron chi connectivity index (χ1n) is 7.46. The maximum absolute atomic E-state index is 12.8. The molecule has 1 N–H and O–H groups in total. The van der Waals surface area contributed by atoms with Crippen LogP contribution in [0.5, 0.6) is 0 Å². The molecular formula is C17H20N2O3S. The summed E-state index contributed by atoms with van der Waals surface area (Å²) in [6.45, 7) is 4.46. The van der Waals surface area contributed by atoms with E-state index in [4.69, 9.17) is 0 Å². The molecule has 0 saturated carbocycles. The Morgan fingerprint density at radius 3 is 2.13 bits per heavy atom. The fourth-order valence-corrected chi connectivity index (χ4v) is 3.73. The largest absolute Gasteiger partial charge is 0.352 e. The van der Waals surface area contributed by atoms with Gasteiger partial charge in [-0.25, -0.2) is 8.42 Å². The molecule has 0 aliphatic rings. The van der Waals surface area contributed by atoms with Crippen molar-refractivity contribution in [2.75, 3.05) is 17.4 Å². The number of nitrogens with zero attached hydrogens (tertiary/aromatic N) is 1. The van der Waals surface area contributed by atoms with Crippen LogP contribution in [0.1, 0.15) is 24.2 Å². The minimum absolute atomic E-state index is 0.163. The molecule has 0 saturated heterocycles. The van der Waals surface area contributed by atoms with Gasteiger partial charge in [-0.3, -0.25) is 9.10 Å². The summed E-state index contributed by atoms with van der Waals surface area (Å²) in [6.07, 6.45) is 0. The molecule has 122 valence electrons. The van der Waals surface area contributed by atoms with Crippen LogP contribution in [0.4, 0.5) is 5.69 Å². The van der Waals surface area contributed by atoms with E-state index in [1.54, 1.807) is 31.2 Å². The number of anilines is 1. The van der Waals surface area contributed by atoms with E-state index in [1.807, 2.05) is 13.0 Å². The molecule has 0 fully saturated rings. The zero-order chi connectivity index (χ0) is 16.9. The highest BCUT2D eigenvalue weighted by Crippen LogP contribution is 2.23. The number of amides is 1. The average Bonchev–Trinajstić information content (AvgIpc) is 2.56. The number of carbonyl (C=O) groups excluding carboxylic acids is 1. The molecule has 0 heterocycles. The van der Waals surface area contributed by atoms with Crippen LogP contribution in [-0.2, 0) is 10.0 Å². The predicted molar refractivity (Wildman–Crippen MR) is 91.1 cm³/mol. The fraction of sp³-hybridized carbons (Fsp3) is 0.235. The molecule has 0 atom stereocenters. The number of rotatable bonds is 6. The highest BCUT2D eigenvalue weighted by molar-refractivity contribution is 7.92. The molecule has 0 aromatic heterocycles. The molecule has 2 aromatic carbocycles. The van der Waals surface area contributed by atoms with Crippen LogP contribution in [0.3, 0.4) is 0 Å². The molecule has 0 aliphatic heterocycles. The molecule has 0 unspecified atom stereocenters. The summed E-state index contributed by atoms with van der Waals surface area (Å²) in [5, 5.41) is 2.68. The van der Waals surface area contributed by atoms with Gasteiger partial charge in [0.1, 0.15) is 0 Å². The predicted octanol–water partition coefficient (Wildman–Crippen LogP) is 2.65. The summed E-state index contributed by atoms with van der Waals surface area (Å²) >= 11 is 0. The molecule has 0 radical (unpaired) electrons. The quantitative estimate of drug-likeness (QED) is 0.884. The SMILES string of the molecule is CCNC(=O)c1ccc(S(=O)(=O)N(CC)c2ccccc2)cc1. The lowest BCUT2D eigenvalue weighted by molar-refractivity contribution is 0.0955. The van der Waals surface area contributed by atoms with Gasteiger partial charge in [-0.2, -0.15) is 0 Å². The van der Waals surface area contributed by atoms with Gasteiger partial charge in [0.05, 0.1) is 10.6 Å². The van der Waals surface area contributed by atoms with Crippen LogP contribution in [0.15, 0.2) is 59.5 Å². The highest BCUT2D eigenvalue weighted by Gasteiger charge is 2.23. The molecular weight excluding hydrogens is 312 g/mol. The summed E-state index contributed by atoms with van der Waals surface area (Å²) in [7, 11) is -3.66. The van der Waals surface area contributed by atoms with Gasteiger partial charge in [-0.1, -0.05) is 18.2 Å². The lowest BCUT2D eigenvalue weighted by Crippen LogP contribution is -2.30. The van der Waals surface area contributed by atoms with Gasteiger partial charge >= 0.3 is 0 Å². The summed E-state index contributed by atoms with van der Waals surface area (Å²) in [5.41, 5.74) is 1.05. The summed E-state index contributed by atoms with van der Waals surface area (Å²) in [4.78, 5) is 11.9. The smallest absolute Gasteiger partial charge is 0.264 e. The average molecular weight is 332 g/mol. The standard InChI is InChI=1S/C17H20N2O3S/c1-3-18-17(20)14-10-12-16(13-11-14)23(21,22)19(4-2)15-8-6-5-7-9-15/h5-13H,3-4H2,1-2H3,(H,18,20). The van der Waals surface area contributed by atoms with Gasteiger partial charge in [-0.05, 0) is 50.2 Å². The van der Waals surface area contributed by atoms with Gasteiger partial charge in [-0.15, -0.1) is 0 Å². The van der Waals surface area contributed by atoms with Crippen molar-refractivity contribution < 1.29 is 13.2 Å². The van der Waals surface area contributed by atoms with Crippen molar-refractivity contribution in [2.24, 2.45) is 0 Å². The Balaban J connectivity index is 2.33. The van der Waals surface area contributed by atoms with Crippen molar-refractivity contribution in [2.45, 2.75) is 18.7 Å². The topological polar surface area (TPSA) is 66.5 Å². The third-order valence-corrected chi connectivity index (χ3v) is 5.29. The highest BCUT2D eigenvalue weighted by atomic mass is 32.2. The Bertz CT molecular complexity index is 756. The second kappa shape index (κ2) is 7.28. The summed E-state index contributed by atoms with van der Waals surface area (Å²) < 4.78 is 26.9. The van der Waals surface area contributed by atoms with Crippen LogP contribution >= 0.6 is 0 Å². The third kappa shape index (κ3) is 3.71. The van der Waals surface area contributed by atoms with Crippen molar-refractivity contribution >= 4 is 21.6 Å². The van der Waals surface area contributed by atoms with Crippen molar-refractivity contribution in [3.8, 4) is 0 Å². The molecule has 0 spiro atoms. The Morgan fingerprint density at radius 2 is 1.61 bits per heavy atom. The number of benzene rings is 2. The van der Waals surface area contributed by atoms with Crippen molar-refractivity contribution in [1.82, 2.24) is 5.32 Å². The van der Waals surface area contributed by atoms with Crippen molar-refractivity contribution in [1.29, 1.82) is 0 Å².